The fourth-order valence-corrected chi connectivity index (χ4v) is 2.90. The fourth-order valence-electron chi connectivity index (χ4n) is 2.90. The number of hydrogen-bond acceptors (Lipinski definition) is 4. The number of fused-ring (bicyclic) bond motifs is 1. The predicted molar refractivity (Wildman–Crippen MR) is 79.9 cm³/mol. The molecule has 0 radical (unpaired) electrons. The van der Waals surface area contributed by atoms with E-state index < -0.39 is 0 Å². The summed E-state index contributed by atoms with van der Waals surface area (Å²) in [6, 6.07) is 5.32. The summed E-state index contributed by atoms with van der Waals surface area (Å²) >= 11 is 0. The van der Waals surface area contributed by atoms with Crippen molar-refractivity contribution in [3.63, 3.8) is 0 Å². The third kappa shape index (κ3) is 2.88. The number of carbonyl (C=O) groups is 1. The van der Waals surface area contributed by atoms with Gasteiger partial charge >= 0.3 is 0 Å². The Hall–Kier alpha value is -2.01. The first-order chi connectivity index (χ1) is 10.3. The molecule has 21 heavy (non-hydrogen) atoms. The van der Waals surface area contributed by atoms with Crippen LogP contribution in [0.1, 0.15) is 36.0 Å². The van der Waals surface area contributed by atoms with E-state index in [1.54, 1.807) is 24.5 Å². The Morgan fingerprint density at radius 2 is 2.00 bits per heavy atom. The molecule has 1 aliphatic rings. The van der Waals surface area contributed by atoms with Crippen LogP contribution in [0.3, 0.4) is 0 Å². The topological polar surface area (TPSA) is 66.3 Å². The molecule has 1 aromatic carbocycles. The highest BCUT2D eigenvalue weighted by atomic mass is 16.3. The van der Waals surface area contributed by atoms with Crippen molar-refractivity contribution in [3.05, 3.63) is 36.2 Å². The second-order valence-corrected chi connectivity index (χ2v) is 5.44. The molecule has 110 valence electrons. The summed E-state index contributed by atoms with van der Waals surface area (Å²) in [7, 11) is 0. The molecule has 2 aromatic rings. The second-order valence-electron chi connectivity index (χ2n) is 5.44. The Kier molecular flexibility index (Phi) is 4.10. The Bertz CT molecular complexity index is 644. The predicted octanol–water partition coefficient (Wildman–Crippen LogP) is 2.01. The van der Waals surface area contributed by atoms with E-state index in [-0.39, 0.29) is 18.6 Å². The summed E-state index contributed by atoms with van der Waals surface area (Å²) in [5.41, 5.74) is 2.12. The third-order valence-electron chi connectivity index (χ3n) is 4.07. The standard InChI is InChI=1S/C16H19N3O2/c20-11-13-4-2-1-3-9-19(13)16(21)12-5-6-14-15(10-12)18-8-7-17-14/h5-8,10,13,20H,1-4,9,11H2. The van der Waals surface area contributed by atoms with Gasteiger partial charge in [0.1, 0.15) is 0 Å². The molecule has 2 heterocycles. The molecule has 1 atom stereocenters. The molecule has 1 aliphatic heterocycles. The average Bonchev–Trinajstić information content (AvgIpc) is 2.79. The minimum atomic E-state index is -0.0717. The number of rotatable bonds is 2. The van der Waals surface area contributed by atoms with Crippen molar-refractivity contribution in [1.29, 1.82) is 0 Å². The molecule has 0 saturated carbocycles. The van der Waals surface area contributed by atoms with E-state index in [1.807, 2.05) is 11.0 Å². The highest BCUT2D eigenvalue weighted by Crippen LogP contribution is 2.20. The van der Waals surface area contributed by atoms with Gasteiger partial charge in [-0.25, -0.2) is 0 Å². The Balaban J connectivity index is 1.90. The van der Waals surface area contributed by atoms with Gasteiger partial charge in [-0.2, -0.15) is 0 Å². The van der Waals surface area contributed by atoms with Crippen LogP contribution >= 0.6 is 0 Å². The lowest BCUT2D eigenvalue weighted by atomic mass is 10.1. The molecular weight excluding hydrogens is 266 g/mol. The lowest BCUT2D eigenvalue weighted by Gasteiger charge is -2.28. The Labute approximate surface area is 123 Å². The van der Waals surface area contributed by atoms with E-state index in [0.29, 0.717) is 12.1 Å². The SMILES string of the molecule is O=C(c1ccc2nccnc2c1)N1CCCCCC1CO. The maximum Gasteiger partial charge on any atom is 0.254 e. The van der Waals surface area contributed by atoms with Crippen LogP contribution < -0.4 is 0 Å². The van der Waals surface area contributed by atoms with Gasteiger partial charge in [-0.15, -0.1) is 0 Å². The monoisotopic (exact) mass is 285 g/mol. The minimum Gasteiger partial charge on any atom is -0.394 e. The first kappa shape index (κ1) is 13.9. The molecule has 1 saturated heterocycles. The number of nitrogens with zero attached hydrogens (tertiary/aromatic N) is 3. The molecule has 0 bridgehead atoms. The minimum absolute atomic E-state index is 0.0245. The number of amides is 1. The zero-order valence-corrected chi connectivity index (χ0v) is 11.9. The quantitative estimate of drug-likeness (QED) is 0.916. The van der Waals surface area contributed by atoms with Crippen LogP contribution in [-0.4, -0.2) is 45.1 Å². The zero-order chi connectivity index (χ0) is 14.7. The fraction of sp³-hybridized carbons (Fsp3) is 0.438. The van der Waals surface area contributed by atoms with Crippen LogP contribution in [0.25, 0.3) is 11.0 Å². The maximum atomic E-state index is 12.7. The van der Waals surface area contributed by atoms with Crippen molar-refractivity contribution in [2.45, 2.75) is 31.7 Å². The first-order valence-electron chi connectivity index (χ1n) is 7.42. The van der Waals surface area contributed by atoms with E-state index in [2.05, 4.69) is 9.97 Å². The molecular formula is C16H19N3O2. The molecule has 1 N–H and O–H groups in total. The second kappa shape index (κ2) is 6.18. The van der Waals surface area contributed by atoms with E-state index >= 15 is 0 Å². The lowest BCUT2D eigenvalue weighted by molar-refractivity contribution is 0.0600. The number of aliphatic hydroxyl groups is 1. The van der Waals surface area contributed by atoms with Crippen LogP contribution in [0.5, 0.6) is 0 Å². The largest absolute Gasteiger partial charge is 0.394 e. The lowest BCUT2D eigenvalue weighted by Crippen LogP contribution is -2.42. The van der Waals surface area contributed by atoms with Gasteiger partial charge in [-0.1, -0.05) is 12.8 Å². The van der Waals surface area contributed by atoms with Crippen LogP contribution in [-0.2, 0) is 0 Å². The van der Waals surface area contributed by atoms with Crippen molar-refractivity contribution >= 4 is 16.9 Å². The van der Waals surface area contributed by atoms with E-state index in [9.17, 15) is 9.90 Å². The van der Waals surface area contributed by atoms with Gasteiger partial charge in [-0.3, -0.25) is 14.8 Å². The molecule has 5 heteroatoms. The summed E-state index contributed by atoms with van der Waals surface area (Å²) < 4.78 is 0. The summed E-state index contributed by atoms with van der Waals surface area (Å²) in [5.74, 6) is -0.0245. The highest BCUT2D eigenvalue weighted by Gasteiger charge is 2.25. The molecule has 1 unspecified atom stereocenters. The summed E-state index contributed by atoms with van der Waals surface area (Å²) in [4.78, 5) is 23.0. The van der Waals surface area contributed by atoms with E-state index in [1.165, 1.54) is 0 Å². The van der Waals surface area contributed by atoms with Crippen LogP contribution in [0.2, 0.25) is 0 Å². The highest BCUT2D eigenvalue weighted by molar-refractivity contribution is 5.97. The molecule has 5 nitrogen and oxygen atoms in total. The van der Waals surface area contributed by atoms with Crippen molar-refractivity contribution in [2.75, 3.05) is 13.2 Å². The summed E-state index contributed by atoms with van der Waals surface area (Å²) in [6.45, 7) is 0.738. The van der Waals surface area contributed by atoms with Crippen LogP contribution in [0.15, 0.2) is 30.6 Å². The van der Waals surface area contributed by atoms with Crippen LogP contribution in [0, 0.1) is 0 Å². The molecule has 1 fully saturated rings. The third-order valence-corrected chi connectivity index (χ3v) is 4.07. The van der Waals surface area contributed by atoms with Crippen molar-refractivity contribution in [3.8, 4) is 0 Å². The smallest absolute Gasteiger partial charge is 0.254 e. The molecule has 0 aliphatic carbocycles. The Morgan fingerprint density at radius 3 is 2.81 bits per heavy atom. The Morgan fingerprint density at radius 1 is 1.19 bits per heavy atom. The molecule has 3 rings (SSSR count). The van der Waals surface area contributed by atoms with Crippen molar-refractivity contribution < 1.29 is 9.90 Å². The van der Waals surface area contributed by atoms with Crippen molar-refractivity contribution in [2.24, 2.45) is 0 Å². The van der Waals surface area contributed by atoms with Gasteiger partial charge < -0.3 is 10.0 Å². The first-order valence-corrected chi connectivity index (χ1v) is 7.42. The number of likely N-dealkylation sites (tertiary alicyclic amines) is 1. The van der Waals surface area contributed by atoms with Crippen molar-refractivity contribution in [1.82, 2.24) is 14.9 Å². The molecule has 0 spiro atoms. The van der Waals surface area contributed by atoms with Gasteiger partial charge in [0.25, 0.3) is 5.91 Å². The normalized spacial score (nSPS) is 19.5. The number of carbonyl (C=O) groups excluding carboxylic acids is 1. The summed E-state index contributed by atoms with van der Waals surface area (Å²) in [6.07, 6.45) is 7.31. The summed E-state index contributed by atoms with van der Waals surface area (Å²) in [5, 5.41) is 9.54. The number of aliphatic hydroxyl groups excluding tert-OH is 1. The van der Waals surface area contributed by atoms with Gasteiger partial charge in [0.05, 0.1) is 23.7 Å². The number of hydrogen-bond donors (Lipinski definition) is 1. The number of benzene rings is 1. The molecule has 1 aromatic heterocycles. The van der Waals surface area contributed by atoms with Gasteiger partial charge in [0.2, 0.25) is 0 Å². The van der Waals surface area contributed by atoms with Gasteiger partial charge in [0, 0.05) is 24.5 Å². The molecule has 1 amide bonds. The maximum absolute atomic E-state index is 12.7. The average molecular weight is 285 g/mol. The van der Waals surface area contributed by atoms with Crippen LogP contribution in [0.4, 0.5) is 0 Å². The number of aromatic nitrogens is 2. The van der Waals surface area contributed by atoms with Gasteiger partial charge in [0.15, 0.2) is 0 Å². The van der Waals surface area contributed by atoms with E-state index in [4.69, 9.17) is 0 Å². The van der Waals surface area contributed by atoms with E-state index in [0.717, 1.165) is 36.7 Å². The zero-order valence-electron chi connectivity index (χ0n) is 11.9. The van der Waals surface area contributed by atoms with Gasteiger partial charge in [-0.05, 0) is 31.0 Å².